The van der Waals surface area contributed by atoms with Crippen LogP contribution in [-0.4, -0.2) is 19.7 Å². The maximum absolute atomic E-state index is 13.4. The van der Waals surface area contributed by atoms with Gasteiger partial charge in [-0.05, 0) is 50.3 Å². The highest BCUT2D eigenvalue weighted by Gasteiger charge is 2.34. The van der Waals surface area contributed by atoms with Crippen LogP contribution in [0.1, 0.15) is 24.0 Å². The number of aromatic nitrogens is 4. The van der Waals surface area contributed by atoms with Gasteiger partial charge in [-0.25, -0.2) is 9.07 Å². The van der Waals surface area contributed by atoms with Crippen molar-refractivity contribution in [2.75, 3.05) is 5.32 Å². The highest BCUT2D eigenvalue weighted by molar-refractivity contribution is 5.57. The molecule has 0 saturated heterocycles. The van der Waals surface area contributed by atoms with Gasteiger partial charge in [0.1, 0.15) is 5.82 Å². The molecule has 1 aromatic carbocycles. The number of nitrogens with zero attached hydrogens (tertiary/aromatic N) is 4. The lowest BCUT2D eigenvalue weighted by Gasteiger charge is -2.10. The van der Waals surface area contributed by atoms with Gasteiger partial charge >= 0.3 is 6.18 Å². The molecule has 1 N–H and O–H groups in total. The third-order valence-corrected chi connectivity index (χ3v) is 3.60. The van der Waals surface area contributed by atoms with Crippen LogP contribution in [0.15, 0.2) is 42.6 Å². The van der Waals surface area contributed by atoms with Crippen LogP contribution in [0.5, 0.6) is 0 Å². The Kier molecular flexibility index (Phi) is 4.93. The average molecular weight is 377 g/mol. The van der Waals surface area contributed by atoms with Gasteiger partial charge in [-0.3, -0.25) is 4.98 Å². The zero-order valence-electron chi connectivity index (χ0n) is 14.4. The molecule has 3 aromatic rings. The van der Waals surface area contributed by atoms with Crippen molar-refractivity contribution in [2.45, 2.75) is 20.0 Å². The molecule has 0 saturated carbocycles. The molecule has 0 amide bonds. The number of rotatable bonds is 4. The number of halogens is 4. The number of allylic oxidation sites excluding steroid dienone is 1. The van der Waals surface area contributed by atoms with E-state index in [2.05, 4.69) is 20.4 Å². The summed E-state index contributed by atoms with van der Waals surface area (Å²) in [6.07, 6.45) is 0.297. The molecule has 0 aliphatic carbocycles. The molecule has 27 heavy (non-hydrogen) atoms. The summed E-state index contributed by atoms with van der Waals surface area (Å²) in [7, 11) is 0. The Bertz CT molecular complexity index is 992. The number of benzene rings is 1. The van der Waals surface area contributed by atoms with Crippen molar-refractivity contribution in [1.29, 1.82) is 0 Å². The first-order valence-corrected chi connectivity index (χ1v) is 7.94. The van der Waals surface area contributed by atoms with E-state index in [9.17, 15) is 17.6 Å². The highest BCUT2D eigenvalue weighted by Crippen LogP contribution is 2.33. The second-order valence-electron chi connectivity index (χ2n) is 5.68. The van der Waals surface area contributed by atoms with Gasteiger partial charge < -0.3 is 5.32 Å². The number of hydrogen-bond donors (Lipinski definition) is 1. The molecular weight excluding hydrogens is 362 g/mol. The normalized spacial score (nSPS) is 11.9. The monoisotopic (exact) mass is 377 g/mol. The molecule has 0 spiro atoms. The predicted octanol–water partition coefficient (Wildman–Crippen LogP) is 4.91. The molecule has 2 heterocycles. The minimum Gasteiger partial charge on any atom is -0.323 e. The van der Waals surface area contributed by atoms with E-state index in [0.717, 1.165) is 11.8 Å². The Balaban J connectivity index is 1.98. The minimum absolute atomic E-state index is 0.0267. The van der Waals surface area contributed by atoms with Crippen LogP contribution in [0.3, 0.4) is 0 Å². The van der Waals surface area contributed by atoms with Crippen molar-refractivity contribution in [3.63, 3.8) is 0 Å². The first-order chi connectivity index (χ1) is 12.8. The molecule has 0 fully saturated rings. The summed E-state index contributed by atoms with van der Waals surface area (Å²) in [5.41, 5.74) is 0.146. The van der Waals surface area contributed by atoms with Crippen molar-refractivity contribution in [3.05, 3.63) is 65.5 Å². The van der Waals surface area contributed by atoms with Gasteiger partial charge in [0.25, 0.3) is 0 Å². The molecule has 0 unspecified atom stereocenters. The van der Waals surface area contributed by atoms with Crippen LogP contribution < -0.4 is 5.32 Å². The van der Waals surface area contributed by atoms with E-state index >= 15 is 0 Å². The molecule has 0 bridgehead atoms. The summed E-state index contributed by atoms with van der Waals surface area (Å²) in [5.74, 6) is -0.783. The Morgan fingerprint density at radius 3 is 2.59 bits per heavy atom. The van der Waals surface area contributed by atoms with E-state index in [1.807, 2.05) is 6.92 Å². The standard InChI is InChI=1S/C18H15F4N5/c1-3-4-16-25-17(26-27(16)13-7-8-23-11(2)9-13)24-12-5-6-15(19)14(10-12)18(20,21)22/h3-10H,1-2H3,(H,24,26)/b4-3+. The van der Waals surface area contributed by atoms with E-state index in [1.165, 1.54) is 10.7 Å². The van der Waals surface area contributed by atoms with Crippen LogP contribution in [0.2, 0.25) is 0 Å². The predicted molar refractivity (Wildman–Crippen MR) is 93.3 cm³/mol. The summed E-state index contributed by atoms with van der Waals surface area (Å²) in [4.78, 5) is 8.39. The number of anilines is 2. The van der Waals surface area contributed by atoms with E-state index in [1.54, 1.807) is 37.4 Å². The summed E-state index contributed by atoms with van der Waals surface area (Å²) < 4.78 is 53.6. The Morgan fingerprint density at radius 2 is 1.93 bits per heavy atom. The Morgan fingerprint density at radius 1 is 1.15 bits per heavy atom. The lowest BCUT2D eigenvalue weighted by atomic mass is 10.2. The van der Waals surface area contributed by atoms with Gasteiger partial charge in [0.05, 0.1) is 11.3 Å². The summed E-state index contributed by atoms with van der Waals surface area (Å²) in [5, 5.41) is 6.98. The molecule has 2 aromatic heterocycles. The molecular formula is C18H15F4N5. The average Bonchev–Trinajstić information content (AvgIpc) is 2.98. The third-order valence-electron chi connectivity index (χ3n) is 3.60. The second-order valence-corrected chi connectivity index (χ2v) is 5.68. The van der Waals surface area contributed by atoms with E-state index in [0.29, 0.717) is 17.6 Å². The topological polar surface area (TPSA) is 55.6 Å². The lowest BCUT2D eigenvalue weighted by molar-refractivity contribution is -0.139. The van der Waals surface area contributed by atoms with E-state index in [4.69, 9.17) is 0 Å². The van der Waals surface area contributed by atoms with Crippen molar-refractivity contribution < 1.29 is 17.6 Å². The summed E-state index contributed by atoms with van der Waals surface area (Å²) >= 11 is 0. The van der Waals surface area contributed by atoms with Crippen molar-refractivity contribution in [1.82, 2.24) is 19.7 Å². The quantitative estimate of drug-likeness (QED) is 0.657. The molecule has 5 nitrogen and oxygen atoms in total. The fraction of sp³-hybridized carbons (Fsp3) is 0.167. The SMILES string of the molecule is C/C=C/c1nc(Nc2ccc(F)c(C(F)(F)F)c2)nn1-c1ccnc(C)c1. The Labute approximate surface area is 152 Å². The third kappa shape index (κ3) is 4.13. The largest absolute Gasteiger partial charge is 0.419 e. The zero-order valence-corrected chi connectivity index (χ0v) is 14.4. The fourth-order valence-electron chi connectivity index (χ4n) is 2.44. The number of pyridine rings is 1. The molecule has 0 aliphatic rings. The smallest absolute Gasteiger partial charge is 0.323 e. The zero-order chi connectivity index (χ0) is 19.6. The van der Waals surface area contributed by atoms with E-state index < -0.39 is 17.6 Å². The molecule has 9 heteroatoms. The second kappa shape index (κ2) is 7.18. The van der Waals surface area contributed by atoms with E-state index in [-0.39, 0.29) is 11.6 Å². The van der Waals surface area contributed by atoms with Crippen LogP contribution in [-0.2, 0) is 6.18 Å². The summed E-state index contributed by atoms with van der Waals surface area (Å²) in [6, 6.07) is 6.16. The van der Waals surface area contributed by atoms with Crippen LogP contribution >= 0.6 is 0 Å². The number of hydrogen-bond acceptors (Lipinski definition) is 4. The summed E-state index contributed by atoms with van der Waals surface area (Å²) in [6.45, 7) is 3.63. The molecule has 3 rings (SSSR count). The number of alkyl halides is 3. The van der Waals surface area contributed by atoms with Crippen LogP contribution in [0, 0.1) is 12.7 Å². The van der Waals surface area contributed by atoms with Crippen molar-refractivity contribution in [3.8, 4) is 5.69 Å². The van der Waals surface area contributed by atoms with Gasteiger partial charge in [-0.15, -0.1) is 5.10 Å². The first kappa shape index (κ1) is 18.6. The van der Waals surface area contributed by atoms with Crippen molar-refractivity contribution >= 4 is 17.7 Å². The fourth-order valence-corrected chi connectivity index (χ4v) is 2.44. The molecule has 140 valence electrons. The Hall–Kier alpha value is -3.23. The molecule has 0 aliphatic heterocycles. The molecule has 0 radical (unpaired) electrons. The van der Waals surface area contributed by atoms with Gasteiger partial charge in [0.2, 0.25) is 5.95 Å². The van der Waals surface area contributed by atoms with Gasteiger partial charge in [0.15, 0.2) is 5.82 Å². The minimum atomic E-state index is -4.79. The number of nitrogens with one attached hydrogen (secondary N) is 1. The maximum atomic E-state index is 13.4. The van der Waals surface area contributed by atoms with Gasteiger partial charge in [-0.1, -0.05) is 6.08 Å². The maximum Gasteiger partial charge on any atom is 0.419 e. The van der Waals surface area contributed by atoms with Crippen LogP contribution in [0.25, 0.3) is 11.8 Å². The van der Waals surface area contributed by atoms with Crippen molar-refractivity contribution in [2.24, 2.45) is 0 Å². The molecule has 0 atom stereocenters. The first-order valence-electron chi connectivity index (χ1n) is 7.94. The van der Waals surface area contributed by atoms with Gasteiger partial charge in [0, 0.05) is 17.6 Å². The lowest BCUT2D eigenvalue weighted by Crippen LogP contribution is -2.08. The number of aryl methyl sites for hydroxylation is 1. The van der Waals surface area contributed by atoms with Crippen LogP contribution in [0.4, 0.5) is 29.2 Å². The highest BCUT2D eigenvalue weighted by atomic mass is 19.4. The van der Waals surface area contributed by atoms with Gasteiger partial charge in [-0.2, -0.15) is 18.2 Å².